The second-order valence-corrected chi connectivity index (χ2v) is 2.96. The molecular weight excluding hydrogens is 164 g/mol. The van der Waals surface area contributed by atoms with Crippen LogP contribution in [-0.2, 0) is 0 Å². The number of nitrogens with one attached hydrogen (secondary N) is 1. The van der Waals surface area contributed by atoms with Crippen LogP contribution in [0.3, 0.4) is 0 Å². The summed E-state index contributed by atoms with van der Waals surface area (Å²) in [5.74, 6) is 0.609. The van der Waals surface area contributed by atoms with Crippen LogP contribution in [0.4, 0.5) is 0 Å². The van der Waals surface area contributed by atoms with Gasteiger partial charge in [-0.15, -0.1) is 0 Å². The van der Waals surface area contributed by atoms with Gasteiger partial charge in [-0.05, 0) is 18.6 Å². The van der Waals surface area contributed by atoms with Crippen LogP contribution in [-0.4, -0.2) is 12.1 Å². The molecule has 66 valence electrons. The highest BCUT2D eigenvalue weighted by atomic mass is 16.5. The Morgan fingerprint density at radius 3 is 3.00 bits per heavy atom. The van der Waals surface area contributed by atoms with E-state index >= 15 is 0 Å². The fourth-order valence-corrected chi connectivity index (χ4v) is 1.25. The van der Waals surface area contributed by atoms with Crippen molar-refractivity contribution in [3.05, 3.63) is 30.0 Å². The molecule has 0 fully saturated rings. The van der Waals surface area contributed by atoms with Crippen molar-refractivity contribution < 1.29 is 9.72 Å². The van der Waals surface area contributed by atoms with Gasteiger partial charge >= 0.3 is 0 Å². The van der Waals surface area contributed by atoms with Gasteiger partial charge in [-0.2, -0.15) is 0 Å². The van der Waals surface area contributed by atoms with Gasteiger partial charge in [0.25, 0.3) is 5.88 Å². The van der Waals surface area contributed by atoms with Crippen molar-refractivity contribution in [2.75, 3.05) is 7.11 Å². The molecule has 3 heteroatoms. The Morgan fingerprint density at radius 1 is 1.38 bits per heavy atom. The Kier molecular flexibility index (Phi) is 1.85. The van der Waals surface area contributed by atoms with E-state index in [1.165, 1.54) is 5.56 Å². The Balaban J connectivity index is 2.68. The lowest BCUT2D eigenvalue weighted by Gasteiger charge is -1.96. The molecule has 1 aromatic heterocycles. The van der Waals surface area contributed by atoms with E-state index in [-0.39, 0.29) is 0 Å². The Labute approximate surface area is 76.4 Å². The molecular formula is C10H11N2O+. The molecule has 0 spiro atoms. The third-order valence-corrected chi connectivity index (χ3v) is 1.94. The quantitative estimate of drug-likeness (QED) is 0.656. The molecule has 0 amide bonds. The number of hydrogen-bond acceptors (Lipinski definition) is 2. The summed E-state index contributed by atoms with van der Waals surface area (Å²) in [6.07, 6.45) is 1.75. The number of nitrogens with zero attached hydrogens (tertiary/aromatic N) is 1. The van der Waals surface area contributed by atoms with Crippen molar-refractivity contribution in [1.82, 2.24) is 4.98 Å². The first-order chi connectivity index (χ1) is 6.29. The maximum absolute atomic E-state index is 5.02. The second kappa shape index (κ2) is 3.01. The summed E-state index contributed by atoms with van der Waals surface area (Å²) in [5.41, 5.74) is 3.15. The van der Waals surface area contributed by atoms with Gasteiger partial charge in [-0.25, -0.2) is 9.97 Å². The van der Waals surface area contributed by atoms with E-state index < -0.39 is 0 Å². The third kappa shape index (κ3) is 1.45. The van der Waals surface area contributed by atoms with Crippen LogP contribution in [0.15, 0.2) is 24.4 Å². The first-order valence-corrected chi connectivity index (χ1v) is 4.12. The maximum atomic E-state index is 5.02. The van der Waals surface area contributed by atoms with Crippen molar-refractivity contribution in [3.8, 4) is 5.88 Å². The lowest BCUT2D eigenvalue weighted by molar-refractivity contribution is -0.346. The van der Waals surface area contributed by atoms with E-state index in [0.29, 0.717) is 5.88 Å². The molecule has 0 aliphatic carbocycles. The van der Waals surface area contributed by atoms with Gasteiger partial charge < -0.3 is 4.74 Å². The second-order valence-electron chi connectivity index (χ2n) is 2.96. The number of hydrogen-bond donors (Lipinski definition) is 0. The molecule has 13 heavy (non-hydrogen) atoms. The highest BCUT2D eigenvalue weighted by molar-refractivity contribution is 5.71. The summed E-state index contributed by atoms with van der Waals surface area (Å²) in [4.78, 5) is 7.41. The fourth-order valence-electron chi connectivity index (χ4n) is 1.25. The minimum Gasteiger partial charge on any atom is -0.477 e. The van der Waals surface area contributed by atoms with Crippen molar-refractivity contribution in [1.29, 1.82) is 0 Å². The van der Waals surface area contributed by atoms with Gasteiger partial charge in [-0.3, -0.25) is 0 Å². The van der Waals surface area contributed by atoms with E-state index in [4.69, 9.17) is 4.74 Å². The summed E-state index contributed by atoms with van der Waals surface area (Å²) in [5, 5.41) is 0. The minimum absolute atomic E-state index is 0.609. The summed E-state index contributed by atoms with van der Waals surface area (Å²) in [6, 6.07) is 6.08. The van der Waals surface area contributed by atoms with Crippen LogP contribution in [0.1, 0.15) is 5.56 Å². The first kappa shape index (κ1) is 7.98. The van der Waals surface area contributed by atoms with Crippen LogP contribution >= 0.6 is 0 Å². The van der Waals surface area contributed by atoms with Gasteiger partial charge in [0.1, 0.15) is 5.52 Å². The minimum atomic E-state index is 0.609. The number of fused-ring (bicyclic) bond motifs is 1. The highest BCUT2D eigenvalue weighted by Gasteiger charge is 2.04. The summed E-state index contributed by atoms with van der Waals surface area (Å²) < 4.78 is 5.02. The van der Waals surface area contributed by atoms with Gasteiger partial charge in [0.2, 0.25) is 11.7 Å². The Bertz CT molecular complexity index is 440. The van der Waals surface area contributed by atoms with Crippen LogP contribution in [0.2, 0.25) is 0 Å². The molecule has 0 saturated heterocycles. The molecule has 0 radical (unpaired) electrons. The van der Waals surface area contributed by atoms with Gasteiger partial charge in [-0.1, -0.05) is 6.07 Å². The summed E-state index contributed by atoms with van der Waals surface area (Å²) >= 11 is 0. The number of methoxy groups -OCH3 is 1. The zero-order valence-corrected chi connectivity index (χ0v) is 7.66. The standard InChI is InChI=1S/C10H10N2O/c1-7-3-4-8-9(5-7)12-10(13-2)6-11-8/h3-6H,1-2H3/p+1. The molecule has 0 saturated carbocycles. The normalized spacial score (nSPS) is 10.3. The Hall–Kier alpha value is -1.64. The van der Waals surface area contributed by atoms with Gasteiger partial charge in [0.05, 0.1) is 7.11 Å². The monoisotopic (exact) mass is 175 g/mol. The van der Waals surface area contributed by atoms with Gasteiger partial charge in [0, 0.05) is 6.07 Å². The number of aromatic nitrogens is 2. The summed E-state index contributed by atoms with van der Waals surface area (Å²) in [6.45, 7) is 2.04. The number of rotatable bonds is 1. The fraction of sp³-hybridized carbons (Fsp3) is 0.200. The van der Waals surface area contributed by atoms with Crippen molar-refractivity contribution in [3.63, 3.8) is 0 Å². The van der Waals surface area contributed by atoms with E-state index in [0.717, 1.165) is 11.0 Å². The molecule has 1 N–H and O–H groups in total. The van der Waals surface area contributed by atoms with E-state index in [9.17, 15) is 0 Å². The molecule has 0 atom stereocenters. The number of aromatic amines is 1. The lowest BCUT2D eigenvalue weighted by atomic mass is 10.2. The zero-order valence-electron chi connectivity index (χ0n) is 7.66. The predicted molar refractivity (Wildman–Crippen MR) is 49.6 cm³/mol. The number of benzene rings is 1. The molecule has 1 aromatic carbocycles. The number of ether oxygens (including phenoxy) is 1. The van der Waals surface area contributed by atoms with Crippen molar-refractivity contribution in [2.45, 2.75) is 6.92 Å². The maximum Gasteiger partial charge on any atom is 0.280 e. The molecule has 1 heterocycles. The number of aryl methyl sites for hydroxylation is 1. The molecule has 0 unspecified atom stereocenters. The predicted octanol–water partition coefficient (Wildman–Crippen LogP) is 1.37. The zero-order chi connectivity index (χ0) is 9.26. The molecule has 3 nitrogen and oxygen atoms in total. The Morgan fingerprint density at radius 2 is 2.23 bits per heavy atom. The first-order valence-electron chi connectivity index (χ1n) is 4.12. The smallest absolute Gasteiger partial charge is 0.280 e. The average Bonchev–Trinajstić information content (AvgIpc) is 2.16. The van der Waals surface area contributed by atoms with E-state index in [1.807, 2.05) is 25.1 Å². The number of H-pyrrole nitrogens is 1. The van der Waals surface area contributed by atoms with Crippen LogP contribution in [0.25, 0.3) is 11.0 Å². The third-order valence-electron chi connectivity index (χ3n) is 1.94. The molecule has 0 aliphatic rings. The van der Waals surface area contributed by atoms with E-state index in [2.05, 4.69) is 9.97 Å². The lowest BCUT2D eigenvalue weighted by Crippen LogP contribution is -2.05. The van der Waals surface area contributed by atoms with Crippen molar-refractivity contribution in [2.24, 2.45) is 0 Å². The van der Waals surface area contributed by atoms with E-state index in [1.54, 1.807) is 13.3 Å². The van der Waals surface area contributed by atoms with Gasteiger partial charge in [0.15, 0.2) is 0 Å². The molecule has 2 rings (SSSR count). The van der Waals surface area contributed by atoms with Crippen LogP contribution in [0.5, 0.6) is 5.88 Å². The SMILES string of the molecule is COc1c[nH+]c2ccc(C)cc2n1. The molecule has 0 aliphatic heterocycles. The molecule has 2 aromatic rings. The van der Waals surface area contributed by atoms with Crippen molar-refractivity contribution >= 4 is 11.0 Å². The molecule has 0 bridgehead atoms. The highest BCUT2D eigenvalue weighted by Crippen LogP contribution is 2.11. The summed E-state index contributed by atoms with van der Waals surface area (Å²) in [7, 11) is 1.61. The van der Waals surface area contributed by atoms with Crippen LogP contribution in [0, 0.1) is 6.92 Å². The average molecular weight is 175 g/mol. The largest absolute Gasteiger partial charge is 0.477 e. The van der Waals surface area contributed by atoms with Crippen LogP contribution < -0.4 is 9.72 Å². The topological polar surface area (TPSA) is 36.3 Å².